The molecule has 0 N–H and O–H groups in total. The van der Waals surface area contributed by atoms with E-state index in [1.54, 1.807) is 0 Å². The normalized spacial score (nSPS) is 19.4. The maximum atomic E-state index is 12.7. The molecule has 1 fully saturated rings. The number of carbonyl (C=O) groups excluding carboxylic acids is 1. The minimum absolute atomic E-state index is 0.0121. The minimum Gasteiger partial charge on any atom is -0.481 e. The second kappa shape index (κ2) is 5.49. The molecule has 0 saturated carbocycles. The van der Waals surface area contributed by atoms with Crippen molar-refractivity contribution in [3.05, 3.63) is 11.2 Å². The fourth-order valence-corrected chi connectivity index (χ4v) is 2.93. The number of nitrogens with zero attached hydrogens (tertiary/aromatic N) is 3. The van der Waals surface area contributed by atoms with E-state index in [1.165, 1.54) is 18.1 Å². The van der Waals surface area contributed by atoms with E-state index >= 15 is 0 Å². The van der Waals surface area contributed by atoms with E-state index in [1.807, 2.05) is 0 Å². The van der Waals surface area contributed by atoms with E-state index < -0.39 is 21.9 Å². The Morgan fingerprint density at radius 1 is 1.55 bits per heavy atom. The van der Waals surface area contributed by atoms with E-state index in [0.717, 1.165) is 0 Å². The summed E-state index contributed by atoms with van der Waals surface area (Å²) in [5.74, 6) is -1.53. The minimum atomic E-state index is -4.63. The molecule has 7 nitrogen and oxygen atoms in total. The molecule has 0 spiro atoms. The maximum Gasteiger partial charge on any atom is 0.302 e. The van der Waals surface area contributed by atoms with Crippen molar-refractivity contribution in [2.24, 2.45) is 5.92 Å². The highest BCUT2D eigenvalue weighted by Crippen LogP contribution is 2.26. The zero-order valence-electron chi connectivity index (χ0n) is 10.4. The molecule has 20 heavy (non-hydrogen) atoms. The van der Waals surface area contributed by atoms with Crippen LogP contribution in [0.3, 0.4) is 0 Å². The van der Waals surface area contributed by atoms with Gasteiger partial charge in [0.2, 0.25) is 17.7 Å². The van der Waals surface area contributed by atoms with Gasteiger partial charge in [0.25, 0.3) is 0 Å². The zero-order valence-corrected chi connectivity index (χ0v) is 12.0. The van der Waals surface area contributed by atoms with Crippen LogP contribution in [0.2, 0.25) is 5.15 Å². The number of anilines is 1. The van der Waals surface area contributed by atoms with Crippen LogP contribution in [-0.2, 0) is 15.0 Å². The molecule has 1 saturated heterocycles. The molecule has 1 aliphatic rings. The highest BCUT2D eigenvalue weighted by molar-refractivity contribution is 7.86. The van der Waals surface area contributed by atoms with Crippen LogP contribution in [0.5, 0.6) is 5.88 Å². The molecule has 0 aliphatic carbocycles. The second-order valence-electron chi connectivity index (χ2n) is 4.31. The van der Waals surface area contributed by atoms with Crippen LogP contribution < -0.4 is 9.64 Å². The number of ether oxygens (including phenoxy) is 1. The smallest absolute Gasteiger partial charge is 0.302 e. The van der Waals surface area contributed by atoms with Crippen molar-refractivity contribution >= 4 is 33.7 Å². The van der Waals surface area contributed by atoms with Crippen molar-refractivity contribution in [1.29, 1.82) is 0 Å². The lowest BCUT2D eigenvalue weighted by molar-refractivity contribution is -0.117. The van der Waals surface area contributed by atoms with Gasteiger partial charge in [-0.2, -0.15) is 13.4 Å². The van der Waals surface area contributed by atoms with Crippen LogP contribution in [0.25, 0.3) is 0 Å². The number of hydrogen-bond acceptors (Lipinski definition) is 6. The highest BCUT2D eigenvalue weighted by atomic mass is 35.5. The van der Waals surface area contributed by atoms with Gasteiger partial charge >= 0.3 is 10.2 Å². The molecule has 2 heterocycles. The van der Waals surface area contributed by atoms with Gasteiger partial charge in [-0.3, -0.25) is 9.69 Å². The third-order valence-electron chi connectivity index (χ3n) is 2.75. The van der Waals surface area contributed by atoms with Crippen LogP contribution >= 0.6 is 11.6 Å². The molecule has 1 aliphatic heterocycles. The van der Waals surface area contributed by atoms with Crippen molar-refractivity contribution < 1.29 is 21.8 Å². The Balaban J connectivity index is 2.21. The van der Waals surface area contributed by atoms with Crippen LogP contribution in [0.4, 0.5) is 9.83 Å². The van der Waals surface area contributed by atoms with Crippen LogP contribution in [-0.4, -0.2) is 43.7 Å². The molecule has 0 aromatic carbocycles. The SMILES string of the molecule is COc1cc(Cl)nc(N2CC(CS(=O)(=O)F)CC2=O)n1. The molecule has 1 atom stereocenters. The van der Waals surface area contributed by atoms with Gasteiger partial charge in [-0.25, -0.2) is 4.98 Å². The molecule has 1 unspecified atom stereocenters. The van der Waals surface area contributed by atoms with Crippen molar-refractivity contribution in [3.63, 3.8) is 0 Å². The Labute approximate surface area is 119 Å². The largest absolute Gasteiger partial charge is 0.481 e. The first-order valence-electron chi connectivity index (χ1n) is 5.60. The van der Waals surface area contributed by atoms with Gasteiger partial charge < -0.3 is 4.74 Å². The van der Waals surface area contributed by atoms with Crippen LogP contribution in [0.15, 0.2) is 6.07 Å². The van der Waals surface area contributed by atoms with Crippen molar-refractivity contribution in [2.75, 3.05) is 24.3 Å². The molecule has 10 heteroatoms. The fourth-order valence-electron chi connectivity index (χ4n) is 1.98. The predicted molar refractivity (Wildman–Crippen MR) is 68.9 cm³/mol. The second-order valence-corrected chi connectivity index (χ2v) is 6.11. The lowest BCUT2D eigenvalue weighted by Crippen LogP contribution is -2.27. The first kappa shape index (κ1) is 14.9. The van der Waals surface area contributed by atoms with Crippen molar-refractivity contribution in [2.45, 2.75) is 6.42 Å². The van der Waals surface area contributed by atoms with Gasteiger partial charge in [0.1, 0.15) is 5.15 Å². The number of halogens is 2. The molecule has 1 amide bonds. The average Bonchev–Trinajstić information content (AvgIpc) is 2.66. The number of hydrogen-bond donors (Lipinski definition) is 0. The van der Waals surface area contributed by atoms with Crippen LogP contribution in [0, 0.1) is 5.92 Å². The quantitative estimate of drug-likeness (QED) is 0.601. The molecule has 0 radical (unpaired) electrons. The molecule has 2 rings (SSSR count). The van der Waals surface area contributed by atoms with Crippen molar-refractivity contribution in [3.8, 4) is 5.88 Å². The van der Waals surface area contributed by atoms with E-state index in [9.17, 15) is 17.1 Å². The zero-order chi connectivity index (χ0) is 14.9. The average molecular weight is 324 g/mol. The predicted octanol–water partition coefficient (Wildman–Crippen LogP) is 0.791. The topological polar surface area (TPSA) is 89.5 Å². The number of amides is 1. The Morgan fingerprint density at radius 2 is 2.25 bits per heavy atom. The summed E-state index contributed by atoms with van der Waals surface area (Å²) in [6.07, 6.45) is -0.0820. The summed E-state index contributed by atoms with van der Waals surface area (Å²) < 4.78 is 38.8. The van der Waals surface area contributed by atoms with Gasteiger partial charge in [0, 0.05) is 24.9 Å². The number of aromatic nitrogens is 2. The van der Waals surface area contributed by atoms with E-state index in [0.29, 0.717) is 0 Å². The Morgan fingerprint density at radius 3 is 2.85 bits per heavy atom. The summed E-state index contributed by atoms with van der Waals surface area (Å²) in [4.78, 5) is 20.8. The fraction of sp³-hybridized carbons (Fsp3) is 0.500. The summed E-state index contributed by atoms with van der Waals surface area (Å²) in [5.41, 5.74) is 0. The number of rotatable bonds is 4. The van der Waals surface area contributed by atoms with Crippen LogP contribution in [0.1, 0.15) is 6.42 Å². The first-order valence-corrected chi connectivity index (χ1v) is 7.53. The maximum absolute atomic E-state index is 12.7. The summed E-state index contributed by atoms with van der Waals surface area (Å²) in [6.45, 7) is 0.0193. The summed E-state index contributed by atoms with van der Waals surface area (Å²) in [7, 11) is -3.25. The number of carbonyl (C=O) groups is 1. The summed E-state index contributed by atoms with van der Waals surface area (Å²) >= 11 is 5.77. The first-order chi connectivity index (χ1) is 9.28. The molecule has 1 aromatic rings. The summed E-state index contributed by atoms with van der Waals surface area (Å²) in [6, 6.07) is 1.37. The Kier molecular flexibility index (Phi) is 4.09. The van der Waals surface area contributed by atoms with E-state index in [-0.39, 0.29) is 35.9 Å². The number of methoxy groups -OCH3 is 1. The van der Waals surface area contributed by atoms with E-state index in [2.05, 4.69) is 9.97 Å². The van der Waals surface area contributed by atoms with Gasteiger partial charge in [-0.05, 0) is 0 Å². The lowest BCUT2D eigenvalue weighted by atomic mass is 10.1. The monoisotopic (exact) mass is 323 g/mol. The van der Waals surface area contributed by atoms with Crippen molar-refractivity contribution in [1.82, 2.24) is 9.97 Å². The summed E-state index contributed by atoms with van der Waals surface area (Å²) in [5, 5.41) is 0.0845. The van der Waals surface area contributed by atoms with Gasteiger partial charge in [-0.15, -0.1) is 3.89 Å². The molecule has 0 bridgehead atoms. The molecular formula is C10H11ClFN3O4S. The van der Waals surface area contributed by atoms with E-state index in [4.69, 9.17) is 16.3 Å². The molecule has 110 valence electrons. The third kappa shape index (κ3) is 3.54. The van der Waals surface area contributed by atoms with Gasteiger partial charge in [0.05, 0.1) is 12.9 Å². The Bertz CT molecular complexity index is 639. The Hall–Kier alpha value is -1.48. The molecule has 1 aromatic heterocycles. The standard InChI is InChI=1S/C10H11ClFN3O4S/c1-19-8-3-7(11)13-10(14-8)15-4-6(2-9(15)16)5-20(12,17)18/h3,6H,2,4-5H2,1H3. The van der Waals surface area contributed by atoms with Gasteiger partial charge in [0.15, 0.2) is 0 Å². The highest BCUT2D eigenvalue weighted by Gasteiger charge is 2.35. The lowest BCUT2D eigenvalue weighted by Gasteiger charge is -2.14. The third-order valence-corrected chi connectivity index (χ3v) is 3.81. The van der Waals surface area contributed by atoms with Gasteiger partial charge in [-0.1, -0.05) is 11.6 Å². The molecular weight excluding hydrogens is 313 g/mol.